The average Bonchev–Trinajstić information content (AvgIpc) is 2.35. The molecule has 0 radical (unpaired) electrons. The summed E-state index contributed by atoms with van der Waals surface area (Å²) in [5, 5.41) is 6.76. The van der Waals surface area contributed by atoms with Crippen molar-refractivity contribution in [3.05, 3.63) is 28.2 Å². The topological polar surface area (TPSA) is 33.3 Å². The largest absolute Gasteiger partial charge is 0.385 e. The number of aryl methyl sites for hydroxylation is 1. The van der Waals surface area contributed by atoms with Crippen LogP contribution in [-0.2, 0) is 4.74 Å². The molecule has 3 nitrogen and oxygen atoms in total. The van der Waals surface area contributed by atoms with Crippen molar-refractivity contribution in [2.24, 2.45) is 0 Å². The third-order valence-electron chi connectivity index (χ3n) is 2.97. The van der Waals surface area contributed by atoms with E-state index in [9.17, 15) is 0 Å². The van der Waals surface area contributed by atoms with Crippen molar-refractivity contribution in [1.82, 2.24) is 5.32 Å². The fourth-order valence-corrected chi connectivity index (χ4v) is 2.26. The third kappa shape index (κ3) is 3.98. The van der Waals surface area contributed by atoms with Crippen molar-refractivity contribution in [3.8, 4) is 0 Å². The van der Waals surface area contributed by atoms with E-state index in [4.69, 9.17) is 4.74 Å². The van der Waals surface area contributed by atoms with Gasteiger partial charge in [0.1, 0.15) is 0 Å². The van der Waals surface area contributed by atoms with Gasteiger partial charge in [0.05, 0.1) is 12.7 Å². The lowest BCUT2D eigenvalue weighted by Crippen LogP contribution is -2.39. The van der Waals surface area contributed by atoms with E-state index in [0.717, 1.165) is 42.8 Å². The maximum Gasteiger partial charge on any atom is 0.0716 e. The van der Waals surface area contributed by atoms with Crippen molar-refractivity contribution in [3.63, 3.8) is 0 Å². The van der Waals surface area contributed by atoms with E-state index >= 15 is 0 Å². The number of hydrogen-bond acceptors (Lipinski definition) is 3. The van der Waals surface area contributed by atoms with Gasteiger partial charge in [-0.3, -0.25) is 0 Å². The van der Waals surface area contributed by atoms with E-state index in [2.05, 4.69) is 51.7 Å². The molecule has 1 atom stereocenters. The summed E-state index contributed by atoms with van der Waals surface area (Å²) in [4.78, 5) is 0. The Balaban J connectivity index is 1.75. The van der Waals surface area contributed by atoms with Gasteiger partial charge in [0.2, 0.25) is 0 Å². The molecule has 17 heavy (non-hydrogen) atoms. The molecule has 1 saturated heterocycles. The highest BCUT2D eigenvalue weighted by atomic mass is 79.9. The predicted octanol–water partition coefficient (Wildman–Crippen LogP) is 2.55. The molecule has 0 bridgehead atoms. The molecule has 1 aliphatic heterocycles. The first kappa shape index (κ1) is 12.9. The molecule has 0 saturated carbocycles. The molecule has 1 aliphatic rings. The van der Waals surface area contributed by atoms with Crippen LogP contribution in [0.5, 0.6) is 0 Å². The van der Waals surface area contributed by atoms with Crippen LogP contribution in [-0.4, -0.2) is 32.3 Å². The molecule has 2 rings (SSSR count). The molecular weight excluding hydrogens is 280 g/mol. The zero-order valence-electron chi connectivity index (χ0n) is 10.1. The number of hydrogen-bond donors (Lipinski definition) is 2. The van der Waals surface area contributed by atoms with Crippen molar-refractivity contribution in [2.45, 2.75) is 19.4 Å². The Kier molecular flexibility index (Phi) is 4.83. The van der Waals surface area contributed by atoms with Crippen LogP contribution in [0.1, 0.15) is 12.0 Å². The minimum atomic E-state index is 0.352. The Bertz CT molecular complexity index is 364. The van der Waals surface area contributed by atoms with Crippen LogP contribution in [0.15, 0.2) is 22.7 Å². The van der Waals surface area contributed by atoms with Gasteiger partial charge >= 0.3 is 0 Å². The summed E-state index contributed by atoms with van der Waals surface area (Å²) < 4.78 is 6.80. The second-order valence-corrected chi connectivity index (χ2v) is 5.23. The highest BCUT2D eigenvalue weighted by Crippen LogP contribution is 2.20. The molecule has 0 aliphatic carbocycles. The minimum absolute atomic E-state index is 0.352. The quantitative estimate of drug-likeness (QED) is 0.896. The van der Waals surface area contributed by atoms with Crippen LogP contribution in [0.2, 0.25) is 0 Å². The molecule has 0 amide bonds. The fraction of sp³-hybridized carbons (Fsp3) is 0.538. The van der Waals surface area contributed by atoms with Gasteiger partial charge in [-0.05, 0) is 31.0 Å². The van der Waals surface area contributed by atoms with E-state index < -0.39 is 0 Å². The highest BCUT2D eigenvalue weighted by molar-refractivity contribution is 9.10. The van der Waals surface area contributed by atoms with Crippen LogP contribution in [0.25, 0.3) is 0 Å². The maximum absolute atomic E-state index is 5.65. The number of benzene rings is 1. The van der Waals surface area contributed by atoms with Crippen LogP contribution >= 0.6 is 15.9 Å². The average molecular weight is 299 g/mol. The normalized spacial score (nSPS) is 20.2. The summed E-state index contributed by atoms with van der Waals surface area (Å²) >= 11 is 3.54. The molecule has 94 valence electrons. The van der Waals surface area contributed by atoms with Crippen molar-refractivity contribution < 1.29 is 4.74 Å². The first-order valence-corrected chi connectivity index (χ1v) is 6.87. The molecule has 1 unspecified atom stereocenters. The smallest absolute Gasteiger partial charge is 0.0716 e. The monoisotopic (exact) mass is 298 g/mol. The second kappa shape index (κ2) is 6.38. The van der Waals surface area contributed by atoms with Gasteiger partial charge in [0.15, 0.2) is 0 Å². The van der Waals surface area contributed by atoms with E-state index in [-0.39, 0.29) is 0 Å². The molecule has 1 heterocycles. The number of rotatable bonds is 4. The zero-order valence-corrected chi connectivity index (χ0v) is 11.7. The van der Waals surface area contributed by atoms with Gasteiger partial charge in [-0.15, -0.1) is 0 Å². The third-order valence-corrected chi connectivity index (χ3v) is 3.83. The summed E-state index contributed by atoms with van der Waals surface area (Å²) in [5.41, 5.74) is 2.42. The molecular formula is C13H19BrN2O. The molecule has 1 aromatic carbocycles. The molecule has 0 spiro atoms. The van der Waals surface area contributed by atoms with E-state index in [1.165, 1.54) is 5.56 Å². The van der Waals surface area contributed by atoms with Crippen LogP contribution in [0, 0.1) is 6.92 Å². The summed E-state index contributed by atoms with van der Waals surface area (Å²) in [6, 6.07) is 6.35. The van der Waals surface area contributed by atoms with E-state index in [0.29, 0.717) is 6.10 Å². The predicted molar refractivity (Wildman–Crippen MR) is 74.6 cm³/mol. The first-order valence-electron chi connectivity index (χ1n) is 6.08. The van der Waals surface area contributed by atoms with Crippen LogP contribution < -0.4 is 10.6 Å². The summed E-state index contributed by atoms with van der Waals surface area (Å²) in [7, 11) is 0. The van der Waals surface area contributed by atoms with Crippen molar-refractivity contribution >= 4 is 21.6 Å². The zero-order chi connectivity index (χ0) is 12.1. The second-order valence-electron chi connectivity index (χ2n) is 4.38. The van der Waals surface area contributed by atoms with Gasteiger partial charge in [-0.2, -0.15) is 0 Å². The lowest BCUT2D eigenvalue weighted by atomic mass is 10.2. The summed E-state index contributed by atoms with van der Waals surface area (Å²) in [6.45, 7) is 5.83. The minimum Gasteiger partial charge on any atom is -0.385 e. The fourth-order valence-electron chi connectivity index (χ4n) is 1.89. The van der Waals surface area contributed by atoms with Gasteiger partial charge in [-0.25, -0.2) is 0 Å². The van der Waals surface area contributed by atoms with Gasteiger partial charge in [-0.1, -0.05) is 22.0 Å². The summed E-state index contributed by atoms with van der Waals surface area (Å²) in [6.07, 6.45) is 1.39. The molecule has 0 aromatic heterocycles. The highest BCUT2D eigenvalue weighted by Gasteiger charge is 2.12. The Labute approximate surface area is 111 Å². The number of halogens is 1. The molecule has 1 aromatic rings. The Hall–Kier alpha value is -0.580. The van der Waals surface area contributed by atoms with Crippen LogP contribution in [0.3, 0.4) is 0 Å². The van der Waals surface area contributed by atoms with Crippen LogP contribution in [0.4, 0.5) is 5.69 Å². The van der Waals surface area contributed by atoms with Crippen molar-refractivity contribution in [2.75, 3.05) is 31.6 Å². The van der Waals surface area contributed by atoms with E-state index in [1.807, 2.05) is 0 Å². The SMILES string of the molecule is Cc1ccc(NCCC2CNCCO2)cc1Br. The summed E-state index contributed by atoms with van der Waals surface area (Å²) in [5.74, 6) is 0. The van der Waals surface area contributed by atoms with Gasteiger partial charge in [0.25, 0.3) is 0 Å². The maximum atomic E-state index is 5.65. The number of anilines is 1. The van der Waals surface area contributed by atoms with Gasteiger partial charge in [0, 0.05) is 29.8 Å². The lowest BCUT2D eigenvalue weighted by molar-refractivity contribution is 0.0258. The lowest BCUT2D eigenvalue weighted by Gasteiger charge is -2.23. The molecule has 2 N–H and O–H groups in total. The Morgan fingerprint density at radius 3 is 3.12 bits per heavy atom. The number of ether oxygens (including phenoxy) is 1. The number of nitrogens with one attached hydrogen (secondary N) is 2. The Morgan fingerprint density at radius 1 is 1.53 bits per heavy atom. The Morgan fingerprint density at radius 2 is 2.41 bits per heavy atom. The molecule has 4 heteroatoms. The van der Waals surface area contributed by atoms with E-state index in [1.54, 1.807) is 0 Å². The molecule has 1 fully saturated rings. The standard InChI is InChI=1S/C13H19BrN2O/c1-10-2-3-11(8-13(10)14)16-5-4-12-9-15-6-7-17-12/h2-3,8,12,15-16H,4-7,9H2,1H3. The number of morpholine rings is 1. The van der Waals surface area contributed by atoms with Crippen molar-refractivity contribution in [1.29, 1.82) is 0 Å². The first-order chi connectivity index (χ1) is 8.25. The van der Waals surface area contributed by atoms with Gasteiger partial charge < -0.3 is 15.4 Å².